The van der Waals surface area contributed by atoms with Gasteiger partial charge in [0.05, 0.1) is 5.75 Å². The first-order valence-electron chi connectivity index (χ1n) is 2.73. The second-order valence-corrected chi connectivity index (χ2v) is 6.05. The first kappa shape index (κ1) is 8.88. The lowest BCUT2D eigenvalue weighted by Gasteiger charge is -2.16. The fraction of sp³-hybridized carbons (Fsp3) is 1.00. The zero-order valence-electron chi connectivity index (χ0n) is 5.32. The van der Waals surface area contributed by atoms with Crippen LogP contribution in [0.2, 0.25) is 0 Å². The van der Waals surface area contributed by atoms with Gasteiger partial charge in [0.1, 0.15) is 0 Å². The predicted octanol–water partition coefficient (Wildman–Crippen LogP) is -1.07. The molecule has 1 saturated heterocycles. The maximum Gasteiger partial charge on any atom is 0.256 e. The largest absolute Gasteiger partial charge is 0.256 e. The molecular formula is C3H6FNO4S2. The van der Waals surface area contributed by atoms with E-state index < -0.39 is 37.7 Å². The van der Waals surface area contributed by atoms with Crippen molar-refractivity contribution in [2.45, 2.75) is 11.9 Å². The molecule has 0 aromatic carbocycles. The minimum Gasteiger partial charge on any atom is -0.228 e. The van der Waals surface area contributed by atoms with Crippen LogP contribution < -0.4 is 4.13 Å². The lowest BCUT2D eigenvalue weighted by atomic mass is 10.5. The van der Waals surface area contributed by atoms with Gasteiger partial charge in [0.25, 0.3) is 10.0 Å². The molecule has 5 nitrogen and oxygen atoms in total. The fourth-order valence-corrected chi connectivity index (χ4v) is 3.94. The Morgan fingerprint density at radius 3 is 2.18 bits per heavy atom. The van der Waals surface area contributed by atoms with Crippen molar-refractivity contribution in [3.05, 3.63) is 0 Å². The van der Waals surface area contributed by atoms with E-state index in [-0.39, 0.29) is 0 Å². The highest BCUT2D eigenvalue weighted by Crippen LogP contribution is 2.14. The highest BCUT2D eigenvalue weighted by molar-refractivity contribution is 8.05. The zero-order chi connectivity index (χ0) is 8.70. The summed E-state index contributed by atoms with van der Waals surface area (Å²) in [5.41, 5.74) is -2.11. The summed E-state index contributed by atoms with van der Waals surface area (Å²) in [7, 11) is -8.07. The van der Waals surface area contributed by atoms with E-state index in [2.05, 4.69) is 0 Å². The minimum absolute atomic E-state index is 0.479. The van der Waals surface area contributed by atoms with E-state index in [0.717, 1.165) is 0 Å². The topological polar surface area (TPSA) is 80.3 Å². The van der Waals surface area contributed by atoms with Crippen LogP contribution in [0.4, 0.5) is 4.39 Å². The molecule has 0 amide bonds. The Kier molecular flexibility index (Phi) is 1.93. The van der Waals surface area contributed by atoms with Gasteiger partial charge in [0.15, 0.2) is 0 Å². The summed E-state index contributed by atoms with van der Waals surface area (Å²) < 4.78 is 55.8. The summed E-state index contributed by atoms with van der Waals surface area (Å²) in [5, 5.41) is 0. The Labute approximate surface area is 63.7 Å². The van der Waals surface area contributed by atoms with Crippen LogP contribution in [0.25, 0.3) is 0 Å². The molecule has 1 heterocycles. The first-order valence-corrected chi connectivity index (χ1v) is 5.92. The van der Waals surface area contributed by atoms with Crippen LogP contribution in [0.3, 0.4) is 0 Å². The monoisotopic (exact) mass is 203 g/mol. The highest BCUT2D eigenvalue weighted by Gasteiger charge is 2.36. The van der Waals surface area contributed by atoms with Gasteiger partial charge in [-0.2, -0.15) is 0 Å². The number of hydrogen-bond acceptors (Lipinski definition) is 4. The standard InChI is InChI=1S/C3H6FNO4S2/c4-3-1-2-10(6,7)5-11(3,8)9/h3,5H,1-2H2. The van der Waals surface area contributed by atoms with Crippen molar-refractivity contribution in [1.82, 2.24) is 4.13 Å². The Balaban J connectivity index is 3.03. The van der Waals surface area contributed by atoms with Crippen molar-refractivity contribution >= 4 is 20.0 Å². The van der Waals surface area contributed by atoms with Crippen molar-refractivity contribution in [2.24, 2.45) is 0 Å². The minimum atomic E-state index is -4.27. The van der Waals surface area contributed by atoms with E-state index in [9.17, 15) is 21.2 Å². The van der Waals surface area contributed by atoms with Crippen LogP contribution in [0, 0.1) is 0 Å². The van der Waals surface area contributed by atoms with Crippen LogP contribution in [0.15, 0.2) is 0 Å². The SMILES string of the molecule is O=S1(=O)CCC(F)S(=O)(=O)N1. The quantitative estimate of drug-likeness (QED) is 0.544. The number of sulfonamides is 2. The van der Waals surface area contributed by atoms with Gasteiger partial charge in [-0.15, -0.1) is 4.13 Å². The normalized spacial score (nSPS) is 34.8. The molecule has 1 unspecified atom stereocenters. The van der Waals surface area contributed by atoms with Crippen LogP contribution >= 0.6 is 0 Å². The van der Waals surface area contributed by atoms with Gasteiger partial charge in [-0.25, -0.2) is 21.2 Å². The van der Waals surface area contributed by atoms with Gasteiger partial charge in [-0.1, -0.05) is 0 Å². The molecule has 8 heteroatoms. The van der Waals surface area contributed by atoms with Gasteiger partial charge >= 0.3 is 0 Å². The third-order valence-electron chi connectivity index (χ3n) is 1.19. The van der Waals surface area contributed by atoms with Crippen molar-refractivity contribution < 1.29 is 21.2 Å². The molecule has 11 heavy (non-hydrogen) atoms. The maximum atomic E-state index is 12.4. The van der Waals surface area contributed by atoms with Gasteiger partial charge < -0.3 is 0 Å². The number of hydrogen-bond donors (Lipinski definition) is 1. The summed E-state index contributed by atoms with van der Waals surface area (Å²) in [6.45, 7) is 0. The van der Waals surface area contributed by atoms with Gasteiger partial charge in [-0.3, -0.25) is 0 Å². The van der Waals surface area contributed by atoms with Crippen molar-refractivity contribution in [3.63, 3.8) is 0 Å². The molecule has 66 valence electrons. The zero-order valence-corrected chi connectivity index (χ0v) is 6.95. The maximum absolute atomic E-state index is 12.4. The Bertz CT molecular complexity index is 344. The molecule has 0 aromatic rings. The Morgan fingerprint density at radius 1 is 1.27 bits per heavy atom. The van der Waals surface area contributed by atoms with E-state index in [4.69, 9.17) is 0 Å². The molecule has 1 N–H and O–H groups in total. The van der Waals surface area contributed by atoms with Crippen LogP contribution in [0.5, 0.6) is 0 Å². The lowest BCUT2D eigenvalue weighted by molar-refractivity contribution is 0.401. The molecule has 1 atom stereocenters. The molecular weight excluding hydrogens is 197 g/mol. The van der Waals surface area contributed by atoms with Gasteiger partial charge in [-0.05, 0) is 0 Å². The second-order valence-electron chi connectivity index (χ2n) is 2.15. The molecule has 0 aromatic heterocycles. The van der Waals surface area contributed by atoms with Crippen molar-refractivity contribution in [1.29, 1.82) is 0 Å². The number of nitrogens with one attached hydrogen (secondary N) is 1. The molecule has 0 bridgehead atoms. The average molecular weight is 203 g/mol. The number of alkyl halides is 1. The smallest absolute Gasteiger partial charge is 0.228 e. The third-order valence-corrected chi connectivity index (χ3v) is 4.82. The molecule has 0 aliphatic carbocycles. The lowest BCUT2D eigenvalue weighted by Crippen LogP contribution is -2.43. The summed E-state index contributed by atoms with van der Waals surface area (Å²) >= 11 is 0. The Morgan fingerprint density at radius 2 is 1.82 bits per heavy atom. The highest BCUT2D eigenvalue weighted by atomic mass is 32.3. The third kappa shape index (κ3) is 1.88. The molecule has 1 aliphatic heterocycles. The summed E-state index contributed by atoms with van der Waals surface area (Å²) in [5.74, 6) is -0.479. The van der Waals surface area contributed by atoms with Gasteiger partial charge in [0.2, 0.25) is 15.5 Å². The van der Waals surface area contributed by atoms with Gasteiger partial charge in [0, 0.05) is 6.42 Å². The van der Waals surface area contributed by atoms with E-state index in [1.807, 2.05) is 0 Å². The molecule has 1 aliphatic rings. The fourth-order valence-electron chi connectivity index (χ4n) is 0.674. The predicted molar refractivity (Wildman–Crippen MR) is 35.4 cm³/mol. The average Bonchev–Trinajstić information content (AvgIpc) is 1.77. The Hall–Kier alpha value is -0.210. The summed E-state index contributed by atoms with van der Waals surface area (Å²) in [6.07, 6.45) is -0.488. The van der Waals surface area contributed by atoms with Crippen LogP contribution in [-0.4, -0.2) is 28.1 Å². The molecule has 1 rings (SSSR count). The second kappa shape index (κ2) is 2.39. The van der Waals surface area contributed by atoms with E-state index in [0.29, 0.717) is 0 Å². The summed E-state index contributed by atoms with van der Waals surface area (Å²) in [4.78, 5) is 0. The van der Waals surface area contributed by atoms with Crippen molar-refractivity contribution in [3.8, 4) is 0 Å². The molecule has 0 saturated carbocycles. The van der Waals surface area contributed by atoms with E-state index >= 15 is 0 Å². The molecule has 0 radical (unpaired) electrons. The van der Waals surface area contributed by atoms with Crippen molar-refractivity contribution in [2.75, 3.05) is 5.75 Å². The van der Waals surface area contributed by atoms with E-state index in [1.54, 1.807) is 0 Å². The van der Waals surface area contributed by atoms with E-state index in [1.165, 1.54) is 4.13 Å². The molecule has 0 spiro atoms. The number of rotatable bonds is 0. The van der Waals surface area contributed by atoms with Crippen LogP contribution in [0.1, 0.15) is 6.42 Å². The summed E-state index contributed by atoms with van der Waals surface area (Å²) in [6, 6.07) is 0. The number of halogens is 1. The van der Waals surface area contributed by atoms with Crippen LogP contribution in [-0.2, 0) is 20.0 Å². The first-order chi connectivity index (χ1) is 4.83. The molecule has 1 fully saturated rings.